The van der Waals surface area contributed by atoms with E-state index in [0.717, 1.165) is 28.1 Å². The van der Waals surface area contributed by atoms with Crippen LogP contribution in [0.15, 0.2) is 78.0 Å². The summed E-state index contributed by atoms with van der Waals surface area (Å²) in [5.74, 6) is 1.44. The summed E-state index contributed by atoms with van der Waals surface area (Å²) in [5, 5.41) is 8.39. The van der Waals surface area contributed by atoms with E-state index in [1.54, 1.807) is 12.0 Å². The Bertz CT molecular complexity index is 1600. The Balaban J connectivity index is 1.19. The van der Waals surface area contributed by atoms with E-state index >= 15 is 0 Å². The van der Waals surface area contributed by atoms with Gasteiger partial charge in [0.05, 0.1) is 30.9 Å². The molecule has 0 aliphatic carbocycles. The molecule has 0 bridgehead atoms. The second kappa shape index (κ2) is 12.9. The number of nitrogens with zero attached hydrogens (tertiary/aromatic N) is 5. The van der Waals surface area contributed by atoms with Crippen molar-refractivity contribution in [1.29, 1.82) is 0 Å². The largest absolute Gasteiger partial charge is 0.573 e. The average Bonchev–Trinajstić information content (AvgIpc) is 3.62. The fourth-order valence-electron chi connectivity index (χ4n) is 4.46. The molecule has 0 spiro atoms. The summed E-state index contributed by atoms with van der Waals surface area (Å²) in [5.41, 5.74) is 4.20. The lowest BCUT2D eigenvalue weighted by atomic mass is 10.00. The lowest BCUT2D eigenvalue weighted by Crippen LogP contribution is -2.31. The van der Waals surface area contributed by atoms with Crippen molar-refractivity contribution >= 4 is 28.5 Å². The molecule has 1 aliphatic heterocycles. The van der Waals surface area contributed by atoms with E-state index < -0.39 is 6.36 Å². The number of hydrogen-bond acceptors (Lipinski definition) is 8. The number of nitrogens with one attached hydrogen (secondary N) is 1. The number of rotatable bonds is 10. The number of ether oxygens (including phenoxy) is 2. The Labute approximate surface area is 250 Å². The minimum Gasteiger partial charge on any atom is -0.497 e. The molecule has 13 heteroatoms. The van der Waals surface area contributed by atoms with Crippen molar-refractivity contribution in [3.63, 3.8) is 0 Å². The molecule has 3 aromatic carbocycles. The quantitative estimate of drug-likeness (QED) is 0.215. The maximum absolute atomic E-state index is 12.8. The number of carbonyl (C=O) groups excluding carboxylic acids is 1. The van der Waals surface area contributed by atoms with Gasteiger partial charge in [0.2, 0.25) is 5.91 Å². The zero-order valence-corrected chi connectivity index (χ0v) is 24.4. The lowest BCUT2D eigenvalue weighted by Gasteiger charge is -2.22. The molecular weight excluding hydrogens is 581 g/mol. The molecule has 1 fully saturated rings. The van der Waals surface area contributed by atoms with Crippen LogP contribution in [0.5, 0.6) is 11.5 Å². The van der Waals surface area contributed by atoms with Gasteiger partial charge in [-0.1, -0.05) is 49.9 Å². The minimum absolute atomic E-state index is 0.00468. The third-order valence-electron chi connectivity index (χ3n) is 6.56. The topological polar surface area (TPSA) is 93.9 Å². The first-order valence-corrected chi connectivity index (χ1v) is 14.4. The fraction of sp³-hybridized carbons (Fsp3) is 0.267. The first kappa shape index (κ1) is 30.1. The number of halogens is 3. The molecule has 1 amide bonds. The van der Waals surface area contributed by atoms with Gasteiger partial charge in [0.15, 0.2) is 11.0 Å². The normalized spacial score (nSPS) is 14.6. The third-order valence-corrected chi connectivity index (χ3v) is 7.52. The first-order valence-electron chi connectivity index (χ1n) is 13.4. The Hall–Kier alpha value is -4.36. The van der Waals surface area contributed by atoms with Gasteiger partial charge >= 0.3 is 6.36 Å². The maximum Gasteiger partial charge on any atom is 0.573 e. The summed E-state index contributed by atoms with van der Waals surface area (Å²) in [4.78, 5) is 23.5. The van der Waals surface area contributed by atoms with Crippen LogP contribution in [0.4, 0.5) is 18.9 Å². The van der Waals surface area contributed by atoms with E-state index in [9.17, 15) is 18.0 Å². The number of alkyl halides is 3. The van der Waals surface area contributed by atoms with Crippen molar-refractivity contribution in [1.82, 2.24) is 20.1 Å². The third kappa shape index (κ3) is 7.35. The molecule has 224 valence electrons. The molecule has 5 rings (SSSR count). The molecule has 0 atom stereocenters. The number of amides is 1. The fourth-order valence-corrected chi connectivity index (χ4v) is 5.32. The number of amidine groups is 1. The second-order valence-electron chi connectivity index (χ2n) is 9.87. The van der Waals surface area contributed by atoms with Crippen molar-refractivity contribution in [3.8, 4) is 28.6 Å². The molecule has 0 unspecified atom stereocenters. The van der Waals surface area contributed by atoms with Crippen molar-refractivity contribution < 1.29 is 27.4 Å². The number of anilines is 1. The zero-order valence-electron chi connectivity index (χ0n) is 23.6. The molecule has 0 radical (unpaired) electrons. The molecule has 1 aliphatic rings. The summed E-state index contributed by atoms with van der Waals surface area (Å²) in [6.07, 6.45) is -3.25. The monoisotopic (exact) mass is 610 g/mol. The first-order chi connectivity index (χ1) is 20.6. The van der Waals surface area contributed by atoms with E-state index in [4.69, 9.17) is 4.74 Å². The summed E-state index contributed by atoms with van der Waals surface area (Å²) in [7, 11) is 1.62. The summed E-state index contributed by atoms with van der Waals surface area (Å²) >= 11 is 1.42. The van der Waals surface area contributed by atoms with E-state index in [-0.39, 0.29) is 17.6 Å². The maximum atomic E-state index is 12.8. The van der Waals surface area contributed by atoms with Gasteiger partial charge in [-0.25, -0.2) is 14.7 Å². The SMILES string of the molecule is COc1ccc(N2C(=O)CSC2=NCNCc2ccc(-c3ncn(-c4ccc(OC(F)(F)F)cc4)n3)cc2)c(C(C)C)c1. The molecule has 9 nitrogen and oxygen atoms in total. The van der Waals surface area contributed by atoms with E-state index in [1.807, 2.05) is 42.5 Å². The molecule has 1 N–H and O–H groups in total. The van der Waals surface area contributed by atoms with Gasteiger partial charge in [-0.05, 0) is 59.5 Å². The molecule has 1 aromatic heterocycles. The van der Waals surface area contributed by atoms with Crippen molar-refractivity contribution in [3.05, 3.63) is 84.2 Å². The number of benzene rings is 3. The summed E-state index contributed by atoms with van der Waals surface area (Å²) in [6, 6.07) is 18.8. The number of aromatic nitrogens is 3. The van der Waals surface area contributed by atoms with Crippen LogP contribution in [0, 0.1) is 0 Å². The van der Waals surface area contributed by atoms with Crippen molar-refractivity contribution in [2.75, 3.05) is 24.4 Å². The second-order valence-corrected chi connectivity index (χ2v) is 10.8. The van der Waals surface area contributed by atoms with Crippen LogP contribution in [0.1, 0.15) is 30.9 Å². The van der Waals surface area contributed by atoms with Crippen molar-refractivity contribution in [2.24, 2.45) is 4.99 Å². The summed E-state index contributed by atoms with van der Waals surface area (Å²) < 4.78 is 48.0. The minimum atomic E-state index is -4.75. The van der Waals surface area contributed by atoms with E-state index in [1.165, 1.54) is 47.0 Å². The molecule has 4 aromatic rings. The number of carbonyl (C=O) groups is 1. The van der Waals surface area contributed by atoms with Gasteiger partial charge < -0.3 is 9.47 Å². The van der Waals surface area contributed by atoms with Crippen LogP contribution in [0.25, 0.3) is 17.1 Å². The summed E-state index contributed by atoms with van der Waals surface area (Å²) in [6.45, 7) is 5.05. The average molecular weight is 611 g/mol. The van der Waals surface area contributed by atoms with Gasteiger partial charge in [0.25, 0.3) is 0 Å². The number of thioether (sulfide) groups is 1. The Morgan fingerprint density at radius 1 is 1.05 bits per heavy atom. The highest BCUT2D eigenvalue weighted by atomic mass is 32.2. The van der Waals surface area contributed by atoms with E-state index in [2.05, 4.69) is 39.0 Å². The van der Waals surface area contributed by atoms with Gasteiger partial charge in [-0.3, -0.25) is 15.0 Å². The lowest BCUT2D eigenvalue weighted by molar-refractivity contribution is -0.274. The molecule has 1 saturated heterocycles. The highest BCUT2D eigenvalue weighted by Gasteiger charge is 2.32. The van der Waals surface area contributed by atoms with Crippen LogP contribution >= 0.6 is 11.8 Å². The van der Waals surface area contributed by atoms with E-state index in [0.29, 0.717) is 35.6 Å². The molecule has 2 heterocycles. The van der Waals surface area contributed by atoms with Gasteiger partial charge in [-0.2, -0.15) is 0 Å². The van der Waals surface area contributed by atoms with Gasteiger partial charge in [-0.15, -0.1) is 18.3 Å². The standard InChI is InChI=1S/C30H29F3N6O3S/c1-19(2)25-14-24(41-3)12-13-26(25)39-27(40)16-43-29(39)35-17-34-15-20-4-6-21(7-5-20)28-36-18-38(37-28)22-8-10-23(11-9-22)42-30(31,32)33/h4-14,18-19,34H,15-17H2,1-3H3. The van der Waals surface area contributed by atoms with Gasteiger partial charge in [0.1, 0.15) is 17.8 Å². The van der Waals surface area contributed by atoms with Gasteiger partial charge in [0, 0.05) is 12.1 Å². The Morgan fingerprint density at radius 2 is 1.77 bits per heavy atom. The van der Waals surface area contributed by atoms with Crippen LogP contribution < -0.4 is 19.7 Å². The number of aliphatic imine (C=N–C) groups is 1. The predicted octanol–water partition coefficient (Wildman–Crippen LogP) is 6.15. The Kier molecular flexibility index (Phi) is 9.02. The number of methoxy groups -OCH3 is 1. The Morgan fingerprint density at radius 3 is 2.44 bits per heavy atom. The predicted molar refractivity (Wildman–Crippen MR) is 160 cm³/mol. The number of hydrogen-bond donors (Lipinski definition) is 1. The highest BCUT2D eigenvalue weighted by molar-refractivity contribution is 8.15. The van der Waals surface area contributed by atoms with Crippen LogP contribution in [-0.4, -0.2) is 51.7 Å². The smallest absolute Gasteiger partial charge is 0.497 e. The van der Waals surface area contributed by atoms with Crippen LogP contribution in [0.2, 0.25) is 0 Å². The van der Waals surface area contributed by atoms with Crippen LogP contribution in [-0.2, 0) is 11.3 Å². The van der Waals surface area contributed by atoms with Crippen LogP contribution in [0.3, 0.4) is 0 Å². The molecule has 0 saturated carbocycles. The zero-order chi connectivity index (χ0) is 30.6. The molecular formula is C30H29F3N6O3S. The molecule has 43 heavy (non-hydrogen) atoms. The van der Waals surface area contributed by atoms with Crippen molar-refractivity contribution in [2.45, 2.75) is 32.7 Å². The highest BCUT2D eigenvalue weighted by Crippen LogP contribution is 2.35.